The lowest BCUT2D eigenvalue weighted by Gasteiger charge is -2.28. The number of aliphatic carboxylic acids is 1. The second-order valence-corrected chi connectivity index (χ2v) is 9.49. The van der Waals surface area contributed by atoms with E-state index in [0.717, 1.165) is 25.4 Å². The molecule has 2 aliphatic rings. The number of rotatable bonds is 17. The van der Waals surface area contributed by atoms with Crippen LogP contribution in [0.4, 0.5) is 0 Å². The summed E-state index contributed by atoms with van der Waals surface area (Å²) < 4.78 is 18.0. The van der Waals surface area contributed by atoms with Crippen LogP contribution in [-0.4, -0.2) is 43.1 Å². The molecule has 32 heavy (non-hydrogen) atoms. The van der Waals surface area contributed by atoms with Gasteiger partial charge < -0.3 is 19.3 Å². The summed E-state index contributed by atoms with van der Waals surface area (Å²) in [4.78, 5) is 10.6. The fourth-order valence-electron chi connectivity index (χ4n) is 5.27. The van der Waals surface area contributed by atoms with Crippen molar-refractivity contribution in [3.8, 4) is 5.75 Å². The van der Waals surface area contributed by atoms with E-state index in [4.69, 9.17) is 19.3 Å². The number of carboxylic acid groups (broad SMARTS) is 1. The molecule has 0 aromatic heterocycles. The summed E-state index contributed by atoms with van der Waals surface area (Å²) in [5.74, 6) is 1.31. The molecule has 5 heteroatoms. The third kappa shape index (κ3) is 8.08. The van der Waals surface area contributed by atoms with E-state index in [1.807, 2.05) is 12.1 Å². The van der Waals surface area contributed by atoms with E-state index in [1.165, 1.54) is 63.4 Å². The fraction of sp³-hybridized carbons (Fsp3) is 0.741. The minimum absolute atomic E-state index is 0.150. The van der Waals surface area contributed by atoms with Crippen LogP contribution in [0.2, 0.25) is 0 Å². The van der Waals surface area contributed by atoms with E-state index in [1.54, 1.807) is 0 Å². The monoisotopic (exact) mass is 446 g/mol. The first-order valence-electron chi connectivity index (χ1n) is 12.8. The standard InChI is InChI=1S/C27H42O5/c1-2-3-4-7-17-30-20-24-23(25-15-16-26(24)32-25)13-6-5-10-21-11-8-12-22(19-21)31-18-9-14-27(28)29/h8,11-12,19,23-26H,2-7,9-10,13-18,20H2,1H3,(H,28,29)/t23-,24+,25-,26+/m0/s1. The molecule has 0 radical (unpaired) electrons. The van der Waals surface area contributed by atoms with Gasteiger partial charge in [-0.15, -0.1) is 0 Å². The summed E-state index contributed by atoms with van der Waals surface area (Å²) >= 11 is 0. The van der Waals surface area contributed by atoms with Gasteiger partial charge in [0.15, 0.2) is 0 Å². The van der Waals surface area contributed by atoms with Crippen LogP contribution in [0.5, 0.6) is 5.75 Å². The Bertz CT molecular complexity index is 676. The number of benzene rings is 1. The van der Waals surface area contributed by atoms with Gasteiger partial charge >= 0.3 is 5.97 Å². The Morgan fingerprint density at radius 3 is 2.69 bits per heavy atom. The summed E-state index contributed by atoms with van der Waals surface area (Å²) in [5, 5.41) is 8.72. The van der Waals surface area contributed by atoms with Crippen LogP contribution in [-0.2, 0) is 20.7 Å². The van der Waals surface area contributed by atoms with Crippen molar-refractivity contribution in [2.75, 3.05) is 19.8 Å². The maximum atomic E-state index is 10.6. The van der Waals surface area contributed by atoms with Gasteiger partial charge in [0.1, 0.15) is 5.75 Å². The normalized spacial score (nSPS) is 24.2. The molecule has 180 valence electrons. The lowest BCUT2D eigenvalue weighted by molar-refractivity contribution is -0.137. The first-order chi connectivity index (χ1) is 15.7. The van der Waals surface area contributed by atoms with Crippen LogP contribution in [0, 0.1) is 11.8 Å². The highest BCUT2D eigenvalue weighted by atomic mass is 16.5. The van der Waals surface area contributed by atoms with Crippen LogP contribution in [0.15, 0.2) is 24.3 Å². The second kappa shape index (κ2) is 13.8. The molecule has 0 aliphatic carbocycles. The molecule has 0 amide bonds. The van der Waals surface area contributed by atoms with Crippen molar-refractivity contribution in [2.24, 2.45) is 11.8 Å². The molecule has 1 aromatic carbocycles. The van der Waals surface area contributed by atoms with Crippen molar-refractivity contribution in [1.29, 1.82) is 0 Å². The molecule has 2 heterocycles. The summed E-state index contributed by atoms with van der Waals surface area (Å²) in [6.07, 6.45) is 13.7. The van der Waals surface area contributed by atoms with Crippen molar-refractivity contribution in [3.05, 3.63) is 29.8 Å². The molecule has 2 aliphatic heterocycles. The number of ether oxygens (including phenoxy) is 3. The molecular weight excluding hydrogens is 404 g/mol. The van der Waals surface area contributed by atoms with Gasteiger partial charge in [-0.25, -0.2) is 0 Å². The average Bonchev–Trinajstić information content (AvgIpc) is 3.39. The molecule has 4 atom stereocenters. The van der Waals surface area contributed by atoms with Gasteiger partial charge in [-0.05, 0) is 68.6 Å². The SMILES string of the molecule is CCCCCCOC[C@@H]1[C@H](CCCCc2cccc(OCCCC(=O)O)c2)[C@@H]2CC[C@H]1O2. The van der Waals surface area contributed by atoms with E-state index in [-0.39, 0.29) is 6.42 Å². The molecule has 2 bridgehead atoms. The topological polar surface area (TPSA) is 65.0 Å². The van der Waals surface area contributed by atoms with Gasteiger partial charge in [0.05, 0.1) is 25.4 Å². The van der Waals surface area contributed by atoms with Gasteiger partial charge in [0, 0.05) is 18.9 Å². The number of hydrogen-bond acceptors (Lipinski definition) is 4. The number of carboxylic acids is 1. The number of hydrogen-bond donors (Lipinski definition) is 1. The summed E-state index contributed by atoms with van der Waals surface area (Å²) in [6, 6.07) is 8.22. The third-order valence-corrected chi connectivity index (χ3v) is 7.00. The summed E-state index contributed by atoms with van der Waals surface area (Å²) in [6.45, 7) is 4.46. The van der Waals surface area contributed by atoms with Crippen molar-refractivity contribution < 1.29 is 24.1 Å². The summed E-state index contributed by atoms with van der Waals surface area (Å²) in [7, 11) is 0. The van der Waals surface area contributed by atoms with Gasteiger partial charge in [-0.3, -0.25) is 4.79 Å². The Morgan fingerprint density at radius 2 is 1.88 bits per heavy atom. The van der Waals surface area contributed by atoms with Gasteiger partial charge in [0.2, 0.25) is 0 Å². The van der Waals surface area contributed by atoms with Crippen LogP contribution in [0.1, 0.15) is 83.1 Å². The minimum atomic E-state index is -0.774. The second-order valence-electron chi connectivity index (χ2n) is 9.49. The first-order valence-corrected chi connectivity index (χ1v) is 12.8. The molecule has 5 nitrogen and oxygen atoms in total. The highest BCUT2D eigenvalue weighted by Crippen LogP contribution is 2.45. The maximum absolute atomic E-state index is 10.6. The molecule has 1 aromatic rings. The van der Waals surface area contributed by atoms with Crippen molar-refractivity contribution >= 4 is 5.97 Å². The molecule has 2 fully saturated rings. The molecule has 3 rings (SSSR count). The number of fused-ring (bicyclic) bond motifs is 2. The van der Waals surface area contributed by atoms with Crippen molar-refractivity contribution in [2.45, 2.75) is 96.2 Å². The van der Waals surface area contributed by atoms with Gasteiger partial charge in [-0.2, -0.15) is 0 Å². The Balaban J connectivity index is 1.34. The van der Waals surface area contributed by atoms with E-state index < -0.39 is 5.97 Å². The highest BCUT2D eigenvalue weighted by molar-refractivity contribution is 5.66. The van der Waals surface area contributed by atoms with Crippen LogP contribution < -0.4 is 4.74 Å². The van der Waals surface area contributed by atoms with E-state index in [0.29, 0.717) is 37.1 Å². The lowest BCUT2D eigenvalue weighted by Crippen LogP contribution is -2.31. The zero-order valence-corrected chi connectivity index (χ0v) is 19.8. The lowest BCUT2D eigenvalue weighted by atomic mass is 9.77. The molecule has 0 unspecified atom stereocenters. The van der Waals surface area contributed by atoms with E-state index in [9.17, 15) is 4.79 Å². The fourth-order valence-corrected chi connectivity index (χ4v) is 5.27. The Morgan fingerprint density at radius 1 is 1.03 bits per heavy atom. The number of unbranched alkanes of at least 4 members (excludes halogenated alkanes) is 4. The van der Waals surface area contributed by atoms with Crippen LogP contribution in [0.3, 0.4) is 0 Å². The zero-order valence-electron chi connectivity index (χ0n) is 19.8. The highest BCUT2D eigenvalue weighted by Gasteiger charge is 2.48. The molecule has 1 N–H and O–H groups in total. The van der Waals surface area contributed by atoms with Crippen molar-refractivity contribution in [3.63, 3.8) is 0 Å². The quantitative estimate of drug-likeness (QED) is 0.296. The summed E-state index contributed by atoms with van der Waals surface area (Å²) in [5.41, 5.74) is 1.29. The predicted molar refractivity (Wildman–Crippen MR) is 126 cm³/mol. The Hall–Kier alpha value is -1.59. The third-order valence-electron chi connectivity index (χ3n) is 7.00. The van der Waals surface area contributed by atoms with E-state index in [2.05, 4.69) is 19.1 Å². The maximum Gasteiger partial charge on any atom is 0.303 e. The van der Waals surface area contributed by atoms with Gasteiger partial charge in [0.25, 0.3) is 0 Å². The van der Waals surface area contributed by atoms with Crippen LogP contribution >= 0.6 is 0 Å². The molecular formula is C27H42O5. The largest absolute Gasteiger partial charge is 0.494 e. The van der Waals surface area contributed by atoms with Crippen molar-refractivity contribution in [1.82, 2.24) is 0 Å². The number of carbonyl (C=O) groups is 1. The average molecular weight is 447 g/mol. The van der Waals surface area contributed by atoms with Gasteiger partial charge in [-0.1, -0.05) is 44.7 Å². The Labute approximate surface area is 193 Å². The first kappa shape index (κ1) is 25.0. The minimum Gasteiger partial charge on any atom is -0.494 e. The van der Waals surface area contributed by atoms with Crippen LogP contribution in [0.25, 0.3) is 0 Å². The molecule has 0 spiro atoms. The number of aryl methyl sites for hydroxylation is 1. The predicted octanol–water partition coefficient (Wildman–Crippen LogP) is 6.03. The molecule has 0 saturated carbocycles. The van der Waals surface area contributed by atoms with E-state index >= 15 is 0 Å². The molecule has 2 saturated heterocycles. The zero-order chi connectivity index (χ0) is 22.6. The Kier molecular flexibility index (Phi) is 10.8. The smallest absolute Gasteiger partial charge is 0.303 e.